The first-order valence-corrected chi connectivity index (χ1v) is 4.66. The Kier molecular flexibility index (Phi) is 3.21. The molecule has 1 atom stereocenters. The lowest BCUT2D eigenvalue weighted by molar-refractivity contribution is 0.0394. The standard InChI is InChI=1S/C11H14F2O/c1-3-7-11(2,14)10-8(12)5-4-6-9(10)13/h4-6,14H,3,7H2,1-2H3. The van der Waals surface area contributed by atoms with Crippen LogP contribution in [0.2, 0.25) is 0 Å². The van der Waals surface area contributed by atoms with E-state index in [1.54, 1.807) is 0 Å². The maximum absolute atomic E-state index is 13.3. The first kappa shape index (κ1) is 11.1. The second kappa shape index (κ2) is 4.05. The summed E-state index contributed by atoms with van der Waals surface area (Å²) < 4.78 is 26.5. The highest BCUT2D eigenvalue weighted by atomic mass is 19.1. The third kappa shape index (κ3) is 2.10. The predicted molar refractivity (Wildman–Crippen MR) is 50.8 cm³/mol. The van der Waals surface area contributed by atoms with Gasteiger partial charge in [0.05, 0.1) is 11.2 Å². The third-order valence-electron chi connectivity index (χ3n) is 2.24. The van der Waals surface area contributed by atoms with Crippen LogP contribution in [0.4, 0.5) is 8.78 Å². The predicted octanol–water partition coefficient (Wildman–Crippen LogP) is 2.97. The second-order valence-corrected chi connectivity index (χ2v) is 3.62. The highest BCUT2D eigenvalue weighted by Crippen LogP contribution is 2.30. The molecule has 14 heavy (non-hydrogen) atoms. The van der Waals surface area contributed by atoms with Gasteiger partial charge >= 0.3 is 0 Å². The van der Waals surface area contributed by atoms with Crippen molar-refractivity contribution in [2.45, 2.75) is 32.3 Å². The summed E-state index contributed by atoms with van der Waals surface area (Å²) in [6.45, 7) is 3.28. The molecule has 1 aromatic carbocycles. The summed E-state index contributed by atoms with van der Waals surface area (Å²) in [5.41, 5.74) is -1.66. The van der Waals surface area contributed by atoms with Gasteiger partial charge in [-0.15, -0.1) is 0 Å². The van der Waals surface area contributed by atoms with E-state index in [9.17, 15) is 13.9 Å². The molecule has 1 rings (SSSR count). The van der Waals surface area contributed by atoms with Crippen LogP contribution in [0.1, 0.15) is 32.3 Å². The van der Waals surface area contributed by atoms with Crippen molar-refractivity contribution in [3.63, 3.8) is 0 Å². The molecule has 0 aliphatic carbocycles. The molecule has 1 N–H and O–H groups in total. The number of hydrogen-bond donors (Lipinski definition) is 1. The highest BCUT2D eigenvalue weighted by molar-refractivity contribution is 5.25. The van der Waals surface area contributed by atoms with Gasteiger partial charge in [0.15, 0.2) is 0 Å². The van der Waals surface area contributed by atoms with Gasteiger partial charge in [-0.1, -0.05) is 19.4 Å². The minimum absolute atomic E-state index is 0.234. The molecular formula is C11H14F2O. The van der Waals surface area contributed by atoms with Crippen LogP contribution in [0.15, 0.2) is 18.2 Å². The molecule has 0 radical (unpaired) electrons. The molecule has 0 fully saturated rings. The summed E-state index contributed by atoms with van der Waals surface area (Å²) in [6, 6.07) is 3.60. The van der Waals surface area contributed by atoms with Crippen molar-refractivity contribution in [2.75, 3.05) is 0 Å². The van der Waals surface area contributed by atoms with Crippen molar-refractivity contribution < 1.29 is 13.9 Å². The van der Waals surface area contributed by atoms with Gasteiger partial charge in [-0.2, -0.15) is 0 Å². The minimum Gasteiger partial charge on any atom is -0.385 e. The molecule has 3 heteroatoms. The molecule has 1 unspecified atom stereocenters. The Morgan fingerprint density at radius 3 is 2.21 bits per heavy atom. The molecule has 78 valence electrons. The number of benzene rings is 1. The van der Waals surface area contributed by atoms with Crippen molar-refractivity contribution in [1.29, 1.82) is 0 Å². The Hall–Kier alpha value is -0.960. The molecule has 0 spiro atoms. The topological polar surface area (TPSA) is 20.2 Å². The highest BCUT2D eigenvalue weighted by Gasteiger charge is 2.28. The van der Waals surface area contributed by atoms with E-state index in [-0.39, 0.29) is 5.56 Å². The van der Waals surface area contributed by atoms with E-state index < -0.39 is 17.2 Å². The molecule has 0 bridgehead atoms. The fourth-order valence-electron chi connectivity index (χ4n) is 1.62. The normalized spacial score (nSPS) is 15.2. The lowest BCUT2D eigenvalue weighted by Gasteiger charge is -2.24. The molecule has 0 saturated carbocycles. The van der Waals surface area contributed by atoms with Crippen LogP contribution in [0.25, 0.3) is 0 Å². The third-order valence-corrected chi connectivity index (χ3v) is 2.24. The number of rotatable bonds is 3. The smallest absolute Gasteiger partial charge is 0.132 e. The number of halogens is 2. The average Bonchev–Trinajstić information content (AvgIpc) is 2.02. The summed E-state index contributed by atoms with van der Waals surface area (Å²) >= 11 is 0. The summed E-state index contributed by atoms with van der Waals surface area (Å²) in [5.74, 6) is -1.38. The Morgan fingerprint density at radius 1 is 1.29 bits per heavy atom. The van der Waals surface area contributed by atoms with Crippen LogP contribution in [0.3, 0.4) is 0 Å². The SMILES string of the molecule is CCCC(C)(O)c1c(F)cccc1F. The quantitative estimate of drug-likeness (QED) is 0.795. The zero-order valence-corrected chi connectivity index (χ0v) is 8.35. The van der Waals surface area contributed by atoms with E-state index in [4.69, 9.17) is 0 Å². The molecule has 0 aromatic heterocycles. The Morgan fingerprint density at radius 2 is 1.79 bits per heavy atom. The van der Waals surface area contributed by atoms with Gasteiger partial charge in [0.1, 0.15) is 11.6 Å². The molecule has 0 aliphatic heterocycles. The lowest BCUT2D eigenvalue weighted by atomic mass is 9.90. The summed E-state index contributed by atoms with van der Waals surface area (Å²) in [7, 11) is 0. The van der Waals surface area contributed by atoms with Crippen molar-refractivity contribution in [3.05, 3.63) is 35.4 Å². The van der Waals surface area contributed by atoms with Crippen LogP contribution in [0, 0.1) is 11.6 Å². The zero-order valence-electron chi connectivity index (χ0n) is 8.35. The fourth-order valence-corrected chi connectivity index (χ4v) is 1.62. The maximum Gasteiger partial charge on any atom is 0.132 e. The monoisotopic (exact) mass is 200 g/mol. The number of aliphatic hydroxyl groups is 1. The first-order valence-electron chi connectivity index (χ1n) is 4.66. The van der Waals surface area contributed by atoms with E-state index in [0.29, 0.717) is 12.8 Å². The zero-order chi connectivity index (χ0) is 10.8. The van der Waals surface area contributed by atoms with E-state index in [2.05, 4.69) is 0 Å². The fraction of sp³-hybridized carbons (Fsp3) is 0.455. The van der Waals surface area contributed by atoms with Gasteiger partial charge in [-0.05, 0) is 25.5 Å². The van der Waals surface area contributed by atoms with Crippen molar-refractivity contribution >= 4 is 0 Å². The van der Waals surface area contributed by atoms with Crippen LogP contribution < -0.4 is 0 Å². The van der Waals surface area contributed by atoms with E-state index >= 15 is 0 Å². The molecule has 0 heterocycles. The van der Waals surface area contributed by atoms with Crippen LogP contribution in [-0.2, 0) is 5.60 Å². The second-order valence-electron chi connectivity index (χ2n) is 3.62. The van der Waals surface area contributed by atoms with Crippen LogP contribution >= 0.6 is 0 Å². The van der Waals surface area contributed by atoms with Gasteiger partial charge in [0.2, 0.25) is 0 Å². The van der Waals surface area contributed by atoms with E-state index in [1.165, 1.54) is 13.0 Å². The Balaban J connectivity index is 3.17. The van der Waals surface area contributed by atoms with Gasteiger partial charge in [0, 0.05) is 0 Å². The summed E-state index contributed by atoms with van der Waals surface area (Å²) in [4.78, 5) is 0. The molecule has 0 amide bonds. The van der Waals surface area contributed by atoms with Crippen molar-refractivity contribution in [1.82, 2.24) is 0 Å². The first-order chi connectivity index (χ1) is 6.49. The maximum atomic E-state index is 13.3. The van der Waals surface area contributed by atoms with Crippen LogP contribution in [-0.4, -0.2) is 5.11 Å². The van der Waals surface area contributed by atoms with E-state index in [1.807, 2.05) is 6.92 Å². The molecule has 1 aromatic rings. The van der Waals surface area contributed by atoms with Crippen molar-refractivity contribution in [2.24, 2.45) is 0 Å². The molecule has 0 aliphatic rings. The number of hydrogen-bond acceptors (Lipinski definition) is 1. The Bertz CT molecular complexity index is 301. The van der Waals surface area contributed by atoms with Gasteiger partial charge in [0.25, 0.3) is 0 Å². The van der Waals surface area contributed by atoms with Crippen LogP contribution in [0.5, 0.6) is 0 Å². The molecule has 1 nitrogen and oxygen atoms in total. The molecule has 0 saturated heterocycles. The van der Waals surface area contributed by atoms with Gasteiger partial charge < -0.3 is 5.11 Å². The van der Waals surface area contributed by atoms with Gasteiger partial charge in [-0.25, -0.2) is 8.78 Å². The Labute approximate surface area is 82.4 Å². The van der Waals surface area contributed by atoms with E-state index in [0.717, 1.165) is 12.1 Å². The largest absolute Gasteiger partial charge is 0.385 e. The lowest BCUT2D eigenvalue weighted by Crippen LogP contribution is -2.24. The summed E-state index contributed by atoms with van der Waals surface area (Å²) in [5, 5.41) is 9.87. The minimum atomic E-state index is -1.43. The summed E-state index contributed by atoms with van der Waals surface area (Å²) in [6.07, 6.45) is 1.01. The van der Waals surface area contributed by atoms with Gasteiger partial charge in [-0.3, -0.25) is 0 Å². The molecular weight excluding hydrogens is 186 g/mol. The van der Waals surface area contributed by atoms with Crippen molar-refractivity contribution in [3.8, 4) is 0 Å². The average molecular weight is 200 g/mol.